The molecular weight excluding hydrogens is 273 g/mol. The SMILES string of the molecule is Cc1ccc2c(c1)CCCC2c1cccc(C(F)(F)F)c1. The van der Waals surface area contributed by atoms with Gasteiger partial charge in [0.1, 0.15) is 0 Å². The van der Waals surface area contributed by atoms with Crippen molar-refractivity contribution in [3.63, 3.8) is 0 Å². The van der Waals surface area contributed by atoms with Crippen molar-refractivity contribution in [2.24, 2.45) is 0 Å². The summed E-state index contributed by atoms with van der Waals surface area (Å²) in [5, 5.41) is 0. The summed E-state index contributed by atoms with van der Waals surface area (Å²) >= 11 is 0. The lowest BCUT2D eigenvalue weighted by Gasteiger charge is -2.27. The van der Waals surface area contributed by atoms with Crippen molar-refractivity contribution < 1.29 is 13.2 Å². The molecule has 3 rings (SSSR count). The average Bonchev–Trinajstić information content (AvgIpc) is 2.45. The number of benzene rings is 2. The molecule has 1 atom stereocenters. The molecule has 0 heterocycles. The molecule has 2 aromatic rings. The molecule has 0 nitrogen and oxygen atoms in total. The molecule has 0 saturated heterocycles. The summed E-state index contributed by atoms with van der Waals surface area (Å²) in [6, 6.07) is 12.1. The summed E-state index contributed by atoms with van der Waals surface area (Å²) in [7, 11) is 0. The van der Waals surface area contributed by atoms with Gasteiger partial charge in [-0.15, -0.1) is 0 Å². The van der Waals surface area contributed by atoms with E-state index in [9.17, 15) is 13.2 Å². The molecule has 1 aliphatic rings. The van der Waals surface area contributed by atoms with E-state index in [-0.39, 0.29) is 5.92 Å². The molecule has 1 aliphatic carbocycles. The third-order valence-corrected chi connectivity index (χ3v) is 4.23. The lowest BCUT2D eigenvalue weighted by molar-refractivity contribution is -0.137. The second-order valence-electron chi connectivity index (χ2n) is 5.77. The Hall–Kier alpha value is -1.77. The molecule has 0 fully saturated rings. The zero-order valence-electron chi connectivity index (χ0n) is 11.9. The van der Waals surface area contributed by atoms with Crippen LogP contribution in [0.15, 0.2) is 42.5 Å². The van der Waals surface area contributed by atoms with Crippen LogP contribution in [0.1, 0.15) is 46.6 Å². The van der Waals surface area contributed by atoms with Crippen LogP contribution in [0.4, 0.5) is 13.2 Å². The lowest BCUT2D eigenvalue weighted by atomic mass is 9.78. The van der Waals surface area contributed by atoms with Crippen LogP contribution >= 0.6 is 0 Å². The predicted molar refractivity (Wildman–Crippen MR) is 77.4 cm³/mol. The fraction of sp³-hybridized carbons (Fsp3) is 0.333. The summed E-state index contributed by atoms with van der Waals surface area (Å²) in [5.74, 6) is 0.0802. The highest BCUT2D eigenvalue weighted by Gasteiger charge is 2.31. The van der Waals surface area contributed by atoms with Gasteiger partial charge in [0.2, 0.25) is 0 Å². The van der Waals surface area contributed by atoms with Gasteiger partial charge in [-0.1, -0.05) is 42.0 Å². The summed E-state index contributed by atoms with van der Waals surface area (Å²) in [6.45, 7) is 2.05. The van der Waals surface area contributed by atoms with Crippen molar-refractivity contribution in [2.45, 2.75) is 38.3 Å². The minimum atomic E-state index is -4.28. The van der Waals surface area contributed by atoms with E-state index in [1.807, 2.05) is 19.1 Å². The molecule has 0 saturated carbocycles. The minimum absolute atomic E-state index is 0.0802. The number of fused-ring (bicyclic) bond motifs is 1. The molecule has 1 unspecified atom stereocenters. The maximum atomic E-state index is 12.9. The first-order valence-corrected chi connectivity index (χ1v) is 7.22. The third-order valence-electron chi connectivity index (χ3n) is 4.23. The normalized spacial score (nSPS) is 18.4. The number of hydrogen-bond acceptors (Lipinski definition) is 0. The number of aryl methyl sites for hydroxylation is 2. The van der Waals surface area contributed by atoms with Crippen LogP contribution in [0.2, 0.25) is 0 Å². The average molecular weight is 290 g/mol. The quantitative estimate of drug-likeness (QED) is 0.652. The highest BCUT2D eigenvalue weighted by Crippen LogP contribution is 2.39. The Kier molecular flexibility index (Phi) is 3.52. The van der Waals surface area contributed by atoms with Crippen molar-refractivity contribution in [1.82, 2.24) is 0 Å². The van der Waals surface area contributed by atoms with Gasteiger partial charge in [0.25, 0.3) is 0 Å². The predicted octanol–water partition coefficient (Wildman–Crippen LogP) is 5.48. The van der Waals surface area contributed by atoms with Gasteiger partial charge in [-0.2, -0.15) is 13.2 Å². The van der Waals surface area contributed by atoms with E-state index >= 15 is 0 Å². The Morgan fingerprint density at radius 1 is 1.05 bits per heavy atom. The van der Waals surface area contributed by atoms with E-state index < -0.39 is 11.7 Å². The van der Waals surface area contributed by atoms with E-state index in [4.69, 9.17) is 0 Å². The van der Waals surface area contributed by atoms with Crippen molar-refractivity contribution in [3.05, 3.63) is 70.3 Å². The van der Waals surface area contributed by atoms with E-state index in [0.717, 1.165) is 30.9 Å². The second-order valence-corrected chi connectivity index (χ2v) is 5.77. The molecule has 3 heteroatoms. The molecule has 21 heavy (non-hydrogen) atoms. The monoisotopic (exact) mass is 290 g/mol. The highest BCUT2D eigenvalue weighted by molar-refractivity contribution is 5.43. The summed E-state index contributed by atoms with van der Waals surface area (Å²) in [6.07, 6.45) is -1.32. The van der Waals surface area contributed by atoms with Gasteiger partial charge in [0.15, 0.2) is 0 Å². The molecule has 0 radical (unpaired) electrons. The molecule has 0 aromatic heterocycles. The molecular formula is C18H17F3. The molecule has 0 aliphatic heterocycles. The first kappa shape index (κ1) is 14.2. The number of hydrogen-bond donors (Lipinski definition) is 0. The van der Waals surface area contributed by atoms with Crippen LogP contribution in [0.5, 0.6) is 0 Å². The van der Waals surface area contributed by atoms with Gasteiger partial charge in [-0.05, 0) is 48.9 Å². The van der Waals surface area contributed by atoms with Gasteiger partial charge < -0.3 is 0 Å². The van der Waals surface area contributed by atoms with Crippen LogP contribution in [0.3, 0.4) is 0 Å². The maximum Gasteiger partial charge on any atom is 0.416 e. The number of halogens is 3. The Balaban J connectivity index is 2.03. The first-order valence-electron chi connectivity index (χ1n) is 7.22. The van der Waals surface area contributed by atoms with Crippen molar-refractivity contribution in [1.29, 1.82) is 0 Å². The molecule has 0 N–H and O–H groups in total. The van der Waals surface area contributed by atoms with Gasteiger partial charge >= 0.3 is 6.18 Å². The standard InChI is InChI=1S/C18H17F3/c1-12-8-9-17-13(10-12)5-3-7-16(17)14-4-2-6-15(11-14)18(19,20)21/h2,4,6,8-11,16H,3,5,7H2,1H3. The van der Waals surface area contributed by atoms with Gasteiger partial charge in [0.05, 0.1) is 5.56 Å². The molecule has 110 valence electrons. The van der Waals surface area contributed by atoms with E-state index in [1.165, 1.54) is 28.8 Å². The van der Waals surface area contributed by atoms with E-state index in [2.05, 4.69) is 12.1 Å². The topological polar surface area (TPSA) is 0 Å². The fourth-order valence-corrected chi connectivity index (χ4v) is 3.22. The molecule has 2 aromatic carbocycles. The van der Waals surface area contributed by atoms with Crippen LogP contribution in [0, 0.1) is 6.92 Å². The Bertz CT molecular complexity index is 656. The Morgan fingerprint density at radius 3 is 2.62 bits per heavy atom. The summed E-state index contributed by atoms with van der Waals surface area (Å²) in [4.78, 5) is 0. The number of rotatable bonds is 1. The van der Waals surface area contributed by atoms with Crippen molar-refractivity contribution in [3.8, 4) is 0 Å². The van der Waals surface area contributed by atoms with Crippen molar-refractivity contribution in [2.75, 3.05) is 0 Å². The third kappa shape index (κ3) is 2.82. The van der Waals surface area contributed by atoms with E-state index in [1.54, 1.807) is 0 Å². The van der Waals surface area contributed by atoms with Gasteiger partial charge in [0, 0.05) is 5.92 Å². The zero-order valence-corrected chi connectivity index (χ0v) is 11.9. The highest BCUT2D eigenvalue weighted by atomic mass is 19.4. The van der Waals surface area contributed by atoms with Crippen LogP contribution < -0.4 is 0 Å². The first-order chi connectivity index (χ1) is 9.95. The lowest BCUT2D eigenvalue weighted by Crippen LogP contribution is -2.13. The maximum absolute atomic E-state index is 12.9. The van der Waals surface area contributed by atoms with Crippen molar-refractivity contribution >= 4 is 0 Å². The molecule has 0 spiro atoms. The minimum Gasteiger partial charge on any atom is -0.166 e. The Morgan fingerprint density at radius 2 is 1.86 bits per heavy atom. The second kappa shape index (κ2) is 5.21. The number of alkyl halides is 3. The van der Waals surface area contributed by atoms with Gasteiger partial charge in [-0.25, -0.2) is 0 Å². The van der Waals surface area contributed by atoms with Crippen LogP contribution in [-0.2, 0) is 12.6 Å². The summed E-state index contributed by atoms with van der Waals surface area (Å²) < 4.78 is 38.7. The van der Waals surface area contributed by atoms with Crippen LogP contribution in [0.25, 0.3) is 0 Å². The van der Waals surface area contributed by atoms with E-state index in [0.29, 0.717) is 0 Å². The summed E-state index contributed by atoms with van der Waals surface area (Å²) in [5.41, 5.74) is 3.89. The smallest absolute Gasteiger partial charge is 0.166 e. The van der Waals surface area contributed by atoms with Crippen LogP contribution in [-0.4, -0.2) is 0 Å². The largest absolute Gasteiger partial charge is 0.416 e. The molecule has 0 bridgehead atoms. The zero-order chi connectivity index (χ0) is 15.0. The fourth-order valence-electron chi connectivity index (χ4n) is 3.22. The molecule has 0 amide bonds. The van der Waals surface area contributed by atoms with Gasteiger partial charge in [-0.3, -0.25) is 0 Å². The Labute approximate surface area is 122 Å².